The van der Waals surface area contributed by atoms with E-state index in [0.717, 1.165) is 11.0 Å². The fourth-order valence-corrected chi connectivity index (χ4v) is 2.72. The van der Waals surface area contributed by atoms with Crippen molar-refractivity contribution in [1.29, 1.82) is 5.26 Å². The second-order valence-corrected chi connectivity index (χ2v) is 6.56. The molecule has 1 aromatic rings. The second-order valence-electron chi connectivity index (χ2n) is 5.65. The van der Waals surface area contributed by atoms with Crippen molar-refractivity contribution in [2.45, 2.75) is 39.2 Å². The summed E-state index contributed by atoms with van der Waals surface area (Å²) in [4.78, 5) is 14.6. The Morgan fingerprint density at radius 1 is 1.60 bits per heavy atom. The number of nitriles is 1. The molecule has 1 fully saturated rings. The lowest BCUT2D eigenvalue weighted by Crippen LogP contribution is -2.35. The number of amides is 1. The summed E-state index contributed by atoms with van der Waals surface area (Å²) in [5.41, 5.74) is 0.700. The second kappa shape index (κ2) is 6.45. The molecule has 1 aliphatic rings. The monoisotopic (exact) mass is 337 g/mol. The largest absolute Gasteiger partial charge is 0.340 e. The molecule has 0 radical (unpaired) electrons. The molecule has 0 unspecified atom stereocenters. The van der Waals surface area contributed by atoms with Crippen molar-refractivity contribution < 1.29 is 4.79 Å². The Labute approximate surface area is 128 Å². The molecule has 0 bridgehead atoms. The predicted octanol–water partition coefficient (Wildman–Crippen LogP) is 3.60. The highest BCUT2D eigenvalue weighted by Gasteiger charge is 2.28. The molecule has 0 N–H and O–H groups in total. The SMILES string of the molecule is CC(C)n1cc(Br)cc1C(=O)N(CCC#N)CC1CC1. The Kier molecular flexibility index (Phi) is 4.87. The zero-order valence-electron chi connectivity index (χ0n) is 12.0. The van der Waals surface area contributed by atoms with Crippen LogP contribution in [0.15, 0.2) is 16.7 Å². The van der Waals surface area contributed by atoms with Crippen LogP contribution in [0.2, 0.25) is 0 Å². The lowest BCUT2D eigenvalue weighted by molar-refractivity contribution is 0.0739. The third-order valence-corrected chi connectivity index (χ3v) is 3.98. The van der Waals surface area contributed by atoms with Crippen LogP contribution < -0.4 is 0 Å². The molecule has 2 rings (SSSR count). The first-order valence-corrected chi connectivity index (χ1v) is 7.85. The molecule has 20 heavy (non-hydrogen) atoms. The van der Waals surface area contributed by atoms with Gasteiger partial charge in [0.1, 0.15) is 5.69 Å². The molecular weight excluding hydrogens is 318 g/mol. The summed E-state index contributed by atoms with van der Waals surface area (Å²) in [6.45, 7) is 5.42. The zero-order valence-corrected chi connectivity index (χ0v) is 13.6. The van der Waals surface area contributed by atoms with Gasteiger partial charge >= 0.3 is 0 Å². The summed E-state index contributed by atoms with van der Waals surface area (Å²) < 4.78 is 2.90. The van der Waals surface area contributed by atoms with Gasteiger partial charge in [0.05, 0.1) is 12.5 Å². The van der Waals surface area contributed by atoms with E-state index in [-0.39, 0.29) is 11.9 Å². The van der Waals surface area contributed by atoms with Crippen LogP contribution in [0.5, 0.6) is 0 Å². The number of carbonyl (C=O) groups excluding carboxylic acids is 1. The molecule has 108 valence electrons. The number of halogens is 1. The Morgan fingerprint density at radius 3 is 2.85 bits per heavy atom. The minimum Gasteiger partial charge on any atom is -0.340 e. The number of rotatable bonds is 6. The van der Waals surface area contributed by atoms with Crippen molar-refractivity contribution in [3.63, 3.8) is 0 Å². The Balaban J connectivity index is 2.19. The molecule has 0 saturated heterocycles. The maximum atomic E-state index is 12.7. The average Bonchev–Trinajstić information content (AvgIpc) is 3.13. The van der Waals surface area contributed by atoms with E-state index in [9.17, 15) is 4.79 Å². The summed E-state index contributed by atoms with van der Waals surface area (Å²) in [5, 5.41) is 8.76. The smallest absolute Gasteiger partial charge is 0.270 e. The summed E-state index contributed by atoms with van der Waals surface area (Å²) in [6, 6.07) is 4.24. The van der Waals surface area contributed by atoms with Crippen molar-refractivity contribution in [2.75, 3.05) is 13.1 Å². The third-order valence-electron chi connectivity index (χ3n) is 3.55. The third kappa shape index (κ3) is 3.63. The van der Waals surface area contributed by atoms with Crippen LogP contribution in [-0.2, 0) is 0 Å². The van der Waals surface area contributed by atoms with Crippen LogP contribution >= 0.6 is 15.9 Å². The van der Waals surface area contributed by atoms with Gasteiger partial charge in [-0.2, -0.15) is 5.26 Å². The molecule has 0 atom stereocenters. The van der Waals surface area contributed by atoms with Crippen molar-refractivity contribution in [2.24, 2.45) is 5.92 Å². The van der Waals surface area contributed by atoms with Crippen molar-refractivity contribution in [3.8, 4) is 6.07 Å². The molecule has 0 aromatic carbocycles. The van der Waals surface area contributed by atoms with E-state index in [4.69, 9.17) is 5.26 Å². The van der Waals surface area contributed by atoms with Gasteiger partial charge in [-0.3, -0.25) is 4.79 Å². The lowest BCUT2D eigenvalue weighted by atomic mass is 10.2. The van der Waals surface area contributed by atoms with Gasteiger partial charge in [0.25, 0.3) is 5.91 Å². The minimum absolute atomic E-state index is 0.0338. The number of aromatic nitrogens is 1. The topological polar surface area (TPSA) is 49.0 Å². The van der Waals surface area contributed by atoms with Gasteiger partial charge in [0.15, 0.2) is 0 Å². The molecule has 1 aliphatic carbocycles. The van der Waals surface area contributed by atoms with Crippen LogP contribution in [0.3, 0.4) is 0 Å². The van der Waals surface area contributed by atoms with Crippen molar-refractivity contribution in [3.05, 3.63) is 22.4 Å². The normalized spacial score (nSPS) is 14.3. The number of nitrogens with zero attached hydrogens (tertiary/aromatic N) is 3. The fourth-order valence-electron chi connectivity index (χ4n) is 2.28. The van der Waals surface area contributed by atoms with Gasteiger partial charge in [-0.1, -0.05) is 0 Å². The van der Waals surface area contributed by atoms with E-state index in [1.54, 1.807) is 0 Å². The summed E-state index contributed by atoms with van der Waals surface area (Å²) >= 11 is 3.44. The van der Waals surface area contributed by atoms with Crippen molar-refractivity contribution >= 4 is 21.8 Å². The maximum Gasteiger partial charge on any atom is 0.270 e. The zero-order chi connectivity index (χ0) is 14.7. The first kappa shape index (κ1) is 15.1. The number of carbonyl (C=O) groups is 1. The average molecular weight is 338 g/mol. The van der Waals surface area contributed by atoms with Gasteiger partial charge in [-0.15, -0.1) is 0 Å². The molecule has 0 aliphatic heterocycles. The Hall–Kier alpha value is -1.28. The van der Waals surface area contributed by atoms with Crippen LogP contribution in [0, 0.1) is 17.2 Å². The van der Waals surface area contributed by atoms with Gasteiger partial charge < -0.3 is 9.47 Å². The Morgan fingerprint density at radius 2 is 2.30 bits per heavy atom. The highest BCUT2D eigenvalue weighted by Crippen LogP contribution is 2.30. The molecular formula is C15H20BrN3O. The standard InChI is InChI=1S/C15H20BrN3O/c1-11(2)19-10-13(16)8-14(19)15(20)18(7-3-6-17)9-12-4-5-12/h8,10-12H,3-5,7,9H2,1-2H3. The molecule has 4 nitrogen and oxygen atoms in total. The van der Waals surface area contributed by atoms with E-state index in [0.29, 0.717) is 24.6 Å². The highest BCUT2D eigenvalue weighted by molar-refractivity contribution is 9.10. The molecule has 1 aromatic heterocycles. The van der Waals surface area contributed by atoms with Gasteiger partial charge in [-0.25, -0.2) is 0 Å². The van der Waals surface area contributed by atoms with Crippen molar-refractivity contribution in [1.82, 2.24) is 9.47 Å². The summed E-state index contributed by atoms with van der Waals surface area (Å²) in [5.74, 6) is 0.662. The summed E-state index contributed by atoms with van der Waals surface area (Å²) in [6.07, 6.45) is 4.73. The van der Waals surface area contributed by atoms with E-state index < -0.39 is 0 Å². The molecule has 1 heterocycles. The first-order valence-electron chi connectivity index (χ1n) is 7.06. The quantitative estimate of drug-likeness (QED) is 0.796. The number of hydrogen-bond acceptors (Lipinski definition) is 2. The van der Waals surface area contributed by atoms with Crippen LogP contribution in [0.4, 0.5) is 0 Å². The molecule has 5 heteroatoms. The van der Waals surface area contributed by atoms with Gasteiger partial charge in [-0.05, 0) is 54.6 Å². The maximum absolute atomic E-state index is 12.7. The van der Waals surface area contributed by atoms with E-state index in [1.807, 2.05) is 21.7 Å². The first-order chi connectivity index (χ1) is 9.52. The molecule has 0 spiro atoms. The van der Waals surface area contributed by atoms with Gasteiger partial charge in [0.2, 0.25) is 0 Å². The molecule has 1 saturated carbocycles. The fraction of sp³-hybridized carbons (Fsp3) is 0.600. The van der Waals surface area contributed by atoms with E-state index >= 15 is 0 Å². The van der Waals surface area contributed by atoms with E-state index in [2.05, 4.69) is 35.8 Å². The highest BCUT2D eigenvalue weighted by atomic mass is 79.9. The predicted molar refractivity (Wildman–Crippen MR) is 81.4 cm³/mol. The van der Waals surface area contributed by atoms with Crippen LogP contribution in [0.1, 0.15) is 49.6 Å². The lowest BCUT2D eigenvalue weighted by Gasteiger charge is -2.23. The summed E-state index contributed by atoms with van der Waals surface area (Å²) in [7, 11) is 0. The molecule has 1 amide bonds. The number of hydrogen-bond donors (Lipinski definition) is 0. The Bertz CT molecular complexity index is 526. The van der Waals surface area contributed by atoms with Crippen LogP contribution in [-0.4, -0.2) is 28.5 Å². The minimum atomic E-state index is 0.0338. The van der Waals surface area contributed by atoms with Gasteiger partial charge in [0, 0.05) is 29.8 Å². The van der Waals surface area contributed by atoms with Crippen LogP contribution in [0.25, 0.3) is 0 Å². The van der Waals surface area contributed by atoms with E-state index in [1.165, 1.54) is 12.8 Å².